The molecule has 7 N–H and O–H groups in total. The van der Waals surface area contributed by atoms with Crippen LogP contribution in [0.4, 0.5) is 10.5 Å². The third-order valence-corrected chi connectivity index (χ3v) is 4.31. The molecule has 10 heteroatoms. The van der Waals surface area contributed by atoms with Gasteiger partial charge in [0, 0.05) is 19.2 Å². The number of carbonyl (C=O) groups excluding carboxylic acids is 4. The molecule has 0 spiro atoms. The van der Waals surface area contributed by atoms with Crippen LogP contribution in [0, 0.1) is 5.92 Å². The lowest BCUT2D eigenvalue weighted by atomic mass is 10.0. The number of aliphatic hydroxyl groups is 1. The average molecular weight is 421 g/mol. The third-order valence-electron chi connectivity index (χ3n) is 4.31. The monoisotopic (exact) mass is 421 g/mol. The Morgan fingerprint density at radius 3 is 2.17 bits per heavy atom. The number of primary amides is 1. The quantitative estimate of drug-likeness (QED) is 0.281. The second-order valence-electron chi connectivity index (χ2n) is 7.26. The first kappa shape index (κ1) is 24.9. The Morgan fingerprint density at radius 1 is 1.03 bits per heavy atom. The van der Waals surface area contributed by atoms with Crippen LogP contribution in [0.2, 0.25) is 0 Å². The van der Waals surface area contributed by atoms with Gasteiger partial charge in [0.25, 0.3) is 0 Å². The minimum Gasteiger partial charge on any atom is -0.392 e. The molecule has 1 aromatic carbocycles. The highest BCUT2D eigenvalue weighted by Gasteiger charge is 2.28. The van der Waals surface area contributed by atoms with Crippen LogP contribution in [0.3, 0.4) is 0 Å². The standard InChI is InChI=1S/C20H31N5O5/c1-12(2)17(23-13(3)27)19(29)25-16(5-4-10-22-20(21)30)18(28)24-15-8-6-14(11-26)7-9-15/h6-9,12,16-17,26H,4-5,10-11H2,1-3H3,(H,23,27)(H,24,28)(H,25,29)(H3,21,22,30)/t16-,17-/m0/s1. The molecule has 0 fully saturated rings. The number of benzene rings is 1. The first-order chi connectivity index (χ1) is 14.1. The molecule has 5 amide bonds. The summed E-state index contributed by atoms with van der Waals surface area (Å²) >= 11 is 0. The SMILES string of the molecule is CC(=O)N[C@H](C(=O)N[C@@H](CCCNC(N)=O)C(=O)Nc1ccc(CO)cc1)C(C)C. The van der Waals surface area contributed by atoms with Crippen LogP contribution in [-0.2, 0) is 21.0 Å². The zero-order chi connectivity index (χ0) is 22.7. The Hall–Kier alpha value is -3.14. The summed E-state index contributed by atoms with van der Waals surface area (Å²) in [6, 6.07) is 4.28. The van der Waals surface area contributed by atoms with Crippen LogP contribution >= 0.6 is 0 Å². The van der Waals surface area contributed by atoms with Crippen molar-refractivity contribution < 1.29 is 24.3 Å². The Kier molecular flexibility index (Phi) is 10.3. The van der Waals surface area contributed by atoms with Gasteiger partial charge < -0.3 is 32.1 Å². The van der Waals surface area contributed by atoms with Crippen molar-refractivity contribution in [1.82, 2.24) is 16.0 Å². The second kappa shape index (κ2) is 12.4. The number of hydrogen-bond donors (Lipinski definition) is 6. The molecular formula is C20H31N5O5. The number of aliphatic hydroxyl groups excluding tert-OH is 1. The molecule has 30 heavy (non-hydrogen) atoms. The zero-order valence-corrected chi connectivity index (χ0v) is 17.5. The van der Waals surface area contributed by atoms with Crippen molar-refractivity contribution in [3.05, 3.63) is 29.8 Å². The number of hydrogen-bond acceptors (Lipinski definition) is 5. The maximum atomic E-state index is 12.8. The van der Waals surface area contributed by atoms with Crippen molar-refractivity contribution in [1.29, 1.82) is 0 Å². The summed E-state index contributed by atoms with van der Waals surface area (Å²) in [5.41, 5.74) is 6.25. The first-order valence-electron chi connectivity index (χ1n) is 9.75. The maximum absolute atomic E-state index is 12.8. The van der Waals surface area contributed by atoms with E-state index in [9.17, 15) is 19.2 Å². The number of nitrogens with two attached hydrogens (primary N) is 1. The largest absolute Gasteiger partial charge is 0.392 e. The van der Waals surface area contributed by atoms with Crippen LogP contribution < -0.4 is 27.0 Å². The normalized spacial score (nSPS) is 12.6. The van der Waals surface area contributed by atoms with Crippen molar-refractivity contribution in [2.24, 2.45) is 11.7 Å². The van der Waals surface area contributed by atoms with E-state index in [-0.39, 0.29) is 31.4 Å². The van der Waals surface area contributed by atoms with Gasteiger partial charge in [-0.3, -0.25) is 14.4 Å². The number of carbonyl (C=O) groups is 4. The third kappa shape index (κ3) is 8.91. The lowest BCUT2D eigenvalue weighted by molar-refractivity contribution is -0.131. The fourth-order valence-corrected chi connectivity index (χ4v) is 2.72. The van der Waals surface area contributed by atoms with Crippen molar-refractivity contribution in [2.45, 2.75) is 52.3 Å². The molecule has 1 aromatic rings. The van der Waals surface area contributed by atoms with E-state index in [2.05, 4.69) is 21.3 Å². The van der Waals surface area contributed by atoms with Gasteiger partial charge in [0.15, 0.2) is 0 Å². The van der Waals surface area contributed by atoms with Gasteiger partial charge in [-0.25, -0.2) is 4.79 Å². The predicted octanol–water partition coefficient (Wildman–Crippen LogP) is 0.211. The summed E-state index contributed by atoms with van der Waals surface area (Å²) in [6.45, 7) is 5.03. The summed E-state index contributed by atoms with van der Waals surface area (Å²) in [7, 11) is 0. The Balaban J connectivity index is 2.87. The molecule has 166 valence electrons. The molecular weight excluding hydrogens is 390 g/mol. The summed E-state index contributed by atoms with van der Waals surface area (Å²) in [5.74, 6) is -1.44. The van der Waals surface area contributed by atoms with Gasteiger partial charge in [-0.15, -0.1) is 0 Å². The van der Waals surface area contributed by atoms with E-state index in [1.54, 1.807) is 38.1 Å². The number of amides is 5. The van der Waals surface area contributed by atoms with Crippen LogP contribution in [0.15, 0.2) is 24.3 Å². The average Bonchev–Trinajstić information content (AvgIpc) is 2.68. The molecule has 0 saturated heterocycles. The fraction of sp³-hybridized carbons (Fsp3) is 0.500. The fourth-order valence-electron chi connectivity index (χ4n) is 2.72. The molecule has 0 aromatic heterocycles. The summed E-state index contributed by atoms with van der Waals surface area (Å²) in [4.78, 5) is 47.7. The number of rotatable bonds is 11. The highest BCUT2D eigenvalue weighted by atomic mass is 16.3. The molecule has 10 nitrogen and oxygen atoms in total. The van der Waals surface area contributed by atoms with E-state index >= 15 is 0 Å². The van der Waals surface area contributed by atoms with E-state index in [1.165, 1.54) is 6.92 Å². The minimum atomic E-state index is -0.889. The Morgan fingerprint density at radius 2 is 1.67 bits per heavy atom. The minimum absolute atomic E-state index is 0.112. The number of nitrogens with one attached hydrogen (secondary N) is 4. The van der Waals surface area contributed by atoms with Crippen LogP contribution in [0.1, 0.15) is 39.2 Å². The smallest absolute Gasteiger partial charge is 0.312 e. The van der Waals surface area contributed by atoms with Crippen molar-refractivity contribution >= 4 is 29.4 Å². The van der Waals surface area contributed by atoms with E-state index in [1.807, 2.05) is 0 Å². The molecule has 0 unspecified atom stereocenters. The molecule has 0 aliphatic carbocycles. The Labute approximate surface area is 176 Å². The molecule has 0 aliphatic heterocycles. The summed E-state index contributed by atoms with van der Waals surface area (Å²) in [6.07, 6.45) is 0.648. The molecule has 0 heterocycles. The van der Waals surface area contributed by atoms with Gasteiger partial charge >= 0.3 is 6.03 Å². The predicted molar refractivity (Wildman–Crippen MR) is 112 cm³/mol. The van der Waals surface area contributed by atoms with E-state index in [4.69, 9.17) is 10.8 Å². The van der Waals surface area contributed by atoms with E-state index in [0.717, 1.165) is 0 Å². The second-order valence-corrected chi connectivity index (χ2v) is 7.26. The highest BCUT2D eigenvalue weighted by molar-refractivity contribution is 5.98. The van der Waals surface area contributed by atoms with Crippen molar-refractivity contribution in [3.8, 4) is 0 Å². The lowest BCUT2D eigenvalue weighted by Gasteiger charge is -2.25. The highest BCUT2D eigenvalue weighted by Crippen LogP contribution is 2.11. The van der Waals surface area contributed by atoms with Crippen molar-refractivity contribution in [2.75, 3.05) is 11.9 Å². The van der Waals surface area contributed by atoms with Gasteiger partial charge in [0.2, 0.25) is 17.7 Å². The molecule has 0 aliphatic rings. The molecule has 1 rings (SSSR count). The molecule has 0 saturated carbocycles. The van der Waals surface area contributed by atoms with Gasteiger partial charge in [0.1, 0.15) is 12.1 Å². The first-order valence-corrected chi connectivity index (χ1v) is 9.75. The zero-order valence-electron chi connectivity index (χ0n) is 17.5. The van der Waals surface area contributed by atoms with Crippen LogP contribution in [0.25, 0.3) is 0 Å². The topological polar surface area (TPSA) is 163 Å². The Bertz CT molecular complexity index is 736. The number of urea groups is 1. The molecule has 2 atom stereocenters. The van der Waals surface area contributed by atoms with Gasteiger partial charge in [-0.1, -0.05) is 26.0 Å². The summed E-state index contributed by atoms with van der Waals surface area (Å²) < 4.78 is 0. The van der Waals surface area contributed by atoms with Gasteiger partial charge in [-0.2, -0.15) is 0 Å². The lowest BCUT2D eigenvalue weighted by Crippen LogP contribution is -2.54. The maximum Gasteiger partial charge on any atom is 0.312 e. The van der Waals surface area contributed by atoms with E-state index < -0.39 is 29.9 Å². The van der Waals surface area contributed by atoms with E-state index in [0.29, 0.717) is 17.7 Å². The van der Waals surface area contributed by atoms with Crippen LogP contribution in [-0.4, -0.2) is 47.5 Å². The van der Waals surface area contributed by atoms with Crippen molar-refractivity contribution in [3.63, 3.8) is 0 Å². The molecule has 0 radical (unpaired) electrons. The van der Waals surface area contributed by atoms with Gasteiger partial charge in [0.05, 0.1) is 6.61 Å². The number of anilines is 1. The summed E-state index contributed by atoms with van der Waals surface area (Å²) in [5, 5.41) is 19.5. The van der Waals surface area contributed by atoms with Crippen LogP contribution in [0.5, 0.6) is 0 Å². The molecule has 0 bridgehead atoms. The van der Waals surface area contributed by atoms with Gasteiger partial charge in [-0.05, 0) is 36.5 Å².